The molecule has 1 N–H and O–H groups in total. The maximum absolute atomic E-state index is 16.2. The fraction of sp³-hybridized carbons (Fsp3) is 0.357. The third-order valence-corrected chi connectivity index (χ3v) is 9.75. The lowest BCUT2D eigenvalue weighted by Crippen LogP contribution is -2.39. The summed E-state index contributed by atoms with van der Waals surface area (Å²) in [5.41, 5.74) is 2.73. The van der Waals surface area contributed by atoms with Crippen molar-refractivity contribution < 1.29 is 4.39 Å². The number of halogens is 2. The lowest BCUT2D eigenvalue weighted by molar-refractivity contribution is 0.0334. The molecule has 0 radical (unpaired) electrons. The Bertz CT molecular complexity index is 1570. The average Bonchev–Trinajstić information content (AvgIpc) is 3.51. The molecule has 5 aromatic rings. The molecule has 0 saturated heterocycles. The van der Waals surface area contributed by atoms with E-state index in [1.54, 1.807) is 17.5 Å². The summed E-state index contributed by atoms with van der Waals surface area (Å²) < 4.78 is 17.3. The largest absolute Gasteiger partial charge is 0.344 e. The van der Waals surface area contributed by atoms with E-state index in [1.165, 1.54) is 31.9 Å². The van der Waals surface area contributed by atoms with Crippen LogP contribution in [0.15, 0.2) is 42.7 Å². The van der Waals surface area contributed by atoms with Crippen molar-refractivity contribution in [3.05, 3.63) is 59.4 Å². The molecule has 0 unspecified atom stereocenters. The number of benzene rings is 1. The number of nitrogens with zero attached hydrogens (tertiary/aromatic N) is 4. The number of fused-ring (bicyclic) bond motifs is 5. The molecule has 1 aromatic carbocycles. The van der Waals surface area contributed by atoms with Gasteiger partial charge in [-0.3, -0.25) is 0 Å². The van der Waals surface area contributed by atoms with Gasteiger partial charge in [-0.2, -0.15) is 0 Å². The molecule has 8 rings (SSSR count). The SMILES string of the molecule is C[C@H]1C2CCC(CC2)[C@@H]1Cc1nc(-c2c[nH]c3ncc(Cl)nc23)nc(-c2cc3ccccc3s2)c1F. The molecule has 0 spiro atoms. The Labute approximate surface area is 217 Å². The van der Waals surface area contributed by atoms with Gasteiger partial charge < -0.3 is 4.98 Å². The van der Waals surface area contributed by atoms with E-state index >= 15 is 4.39 Å². The fourth-order valence-electron chi connectivity index (χ4n) is 6.51. The van der Waals surface area contributed by atoms with Crippen molar-refractivity contribution in [2.75, 3.05) is 0 Å². The number of nitrogens with one attached hydrogen (secondary N) is 1. The van der Waals surface area contributed by atoms with Crippen LogP contribution < -0.4 is 0 Å². The first kappa shape index (κ1) is 22.3. The number of hydrogen-bond donors (Lipinski definition) is 1. The average molecular weight is 518 g/mol. The highest BCUT2D eigenvalue weighted by atomic mass is 35.5. The van der Waals surface area contributed by atoms with Gasteiger partial charge >= 0.3 is 0 Å². The van der Waals surface area contributed by atoms with E-state index in [4.69, 9.17) is 21.6 Å². The zero-order chi connectivity index (χ0) is 24.4. The van der Waals surface area contributed by atoms with E-state index in [0.717, 1.165) is 20.9 Å². The summed E-state index contributed by atoms with van der Waals surface area (Å²) in [5.74, 6) is 2.58. The van der Waals surface area contributed by atoms with Crippen molar-refractivity contribution >= 4 is 44.2 Å². The molecule has 2 atom stereocenters. The molecule has 2 bridgehead atoms. The van der Waals surface area contributed by atoms with Crippen molar-refractivity contribution in [3.8, 4) is 22.0 Å². The van der Waals surface area contributed by atoms with Gasteiger partial charge in [-0.15, -0.1) is 11.3 Å². The van der Waals surface area contributed by atoms with Crippen LogP contribution in [0.5, 0.6) is 0 Å². The Kier molecular flexibility index (Phi) is 5.33. The Balaban J connectivity index is 1.40. The molecule has 8 heteroatoms. The molecule has 3 aliphatic rings. The van der Waals surface area contributed by atoms with E-state index in [0.29, 0.717) is 63.3 Å². The monoisotopic (exact) mass is 517 g/mol. The molecule has 4 aromatic heterocycles. The van der Waals surface area contributed by atoms with Crippen LogP contribution in [0.2, 0.25) is 5.15 Å². The van der Waals surface area contributed by atoms with Crippen molar-refractivity contribution in [2.24, 2.45) is 23.7 Å². The molecule has 0 aliphatic heterocycles. The molecule has 182 valence electrons. The van der Waals surface area contributed by atoms with Gasteiger partial charge in [0.15, 0.2) is 17.3 Å². The van der Waals surface area contributed by atoms with E-state index in [9.17, 15) is 0 Å². The number of H-pyrrole nitrogens is 1. The van der Waals surface area contributed by atoms with Gasteiger partial charge in [-0.25, -0.2) is 24.3 Å². The molecule has 3 saturated carbocycles. The van der Waals surface area contributed by atoms with Gasteiger partial charge in [0.1, 0.15) is 16.4 Å². The van der Waals surface area contributed by atoms with E-state index in [1.807, 2.05) is 24.3 Å². The molecular weight excluding hydrogens is 493 g/mol. The lowest BCUT2D eigenvalue weighted by atomic mass is 9.58. The van der Waals surface area contributed by atoms with Crippen LogP contribution in [0.3, 0.4) is 0 Å². The molecule has 5 nitrogen and oxygen atoms in total. The second kappa shape index (κ2) is 8.60. The third kappa shape index (κ3) is 3.63. The first-order valence-electron chi connectivity index (χ1n) is 12.6. The highest BCUT2D eigenvalue weighted by Crippen LogP contribution is 2.50. The van der Waals surface area contributed by atoms with Crippen LogP contribution in [-0.2, 0) is 6.42 Å². The smallest absolute Gasteiger partial charge is 0.171 e. The summed E-state index contributed by atoms with van der Waals surface area (Å²) in [6, 6.07) is 10.1. The normalized spacial score (nSPS) is 23.6. The van der Waals surface area contributed by atoms with Gasteiger partial charge in [-0.1, -0.05) is 36.7 Å². The molecule has 4 heterocycles. The van der Waals surface area contributed by atoms with Crippen molar-refractivity contribution in [2.45, 2.75) is 39.0 Å². The Morgan fingerprint density at radius 2 is 1.89 bits per heavy atom. The number of hydrogen-bond acceptors (Lipinski definition) is 5. The molecular formula is C28H25ClFN5S. The Morgan fingerprint density at radius 3 is 2.69 bits per heavy atom. The number of aromatic amines is 1. The second-order valence-corrected chi connectivity index (χ2v) is 11.8. The van der Waals surface area contributed by atoms with Crippen molar-refractivity contribution in [3.63, 3.8) is 0 Å². The maximum Gasteiger partial charge on any atom is 0.171 e. The van der Waals surface area contributed by atoms with E-state index in [-0.39, 0.29) is 5.82 Å². The summed E-state index contributed by atoms with van der Waals surface area (Å²) in [6.07, 6.45) is 9.04. The standard InChI is InChI=1S/C28H25ClFN5S/c1-14-15-6-8-16(9-7-15)18(14)11-20-24(30)26(22-10-17-4-2-3-5-21(17)36-22)35-27(33-20)19-12-31-28-25(19)34-23(29)13-32-28/h2-5,10,12-16,18H,6-9,11H2,1H3,(H,31,32)/t14-,15?,16?,18+/m0/s1. The van der Waals surface area contributed by atoms with Crippen LogP contribution in [0.1, 0.15) is 38.3 Å². The third-order valence-electron chi connectivity index (χ3n) is 8.44. The summed E-state index contributed by atoms with van der Waals surface area (Å²) in [7, 11) is 0. The van der Waals surface area contributed by atoms with Crippen LogP contribution in [-0.4, -0.2) is 24.9 Å². The molecule has 0 amide bonds. The highest BCUT2D eigenvalue weighted by molar-refractivity contribution is 7.22. The molecule has 3 fully saturated rings. The summed E-state index contributed by atoms with van der Waals surface area (Å²) in [6.45, 7) is 2.35. The van der Waals surface area contributed by atoms with Gasteiger partial charge in [0.25, 0.3) is 0 Å². The van der Waals surface area contributed by atoms with Crippen LogP contribution >= 0.6 is 22.9 Å². The molecule has 36 heavy (non-hydrogen) atoms. The lowest BCUT2D eigenvalue weighted by Gasteiger charge is -2.47. The fourth-order valence-corrected chi connectivity index (χ4v) is 7.68. The number of aromatic nitrogens is 5. The number of rotatable bonds is 4. The van der Waals surface area contributed by atoms with Gasteiger partial charge in [0.05, 0.1) is 22.3 Å². The first-order valence-corrected chi connectivity index (χ1v) is 13.8. The van der Waals surface area contributed by atoms with Crippen molar-refractivity contribution in [1.29, 1.82) is 0 Å². The zero-order valence-corrected chi connectivity index (χ0v) is 21.4. The predicted molar refractivity (Wildman–Crippen MR) is 143 cm³/mol. The minimum absolute atomic E-state index is 0.294. The minimum atomic E-state index is -0.303. The topological polar surface area (TPSA) is 67.3 Å². The predicted octanol–water partition coefficient (Wildman–Crippen LogP) is 7.70. The summed E-state index contributed by atoms with van der Waals surface area (Å²) >= 11 is 7.71. The Morgan fingerprint density at radius 1 is 1.08 bits per heavy atom. The highest BCUT2D eigenvalue weighted by Gasteiger charge is 2.41. The van der Waals surface area contributed by atoms with Crippen LogP contribution in [0.4, 0.5) is 4.39 Å². The second-order valence-electron chi connectivity index (χ2n) is 10.3. The minimum Gasteiger partial charge on any atom is -0.344 e. The van der Waals surface area contributed by atoms with Gasteiger partial charge in [0.2, 0.25) is 0 Å². The molecule has 3 aliphatic carbocycles. The number of thiophene rings is 1. The quantitative estimate of drug-likeness (QED) is 0.265. The van der Waals surface area contributed by atoms with Gasteiger partial charge in [-0.05, 0) is 73.3 Å². The van der Waals surface area contributed by atoms with Gasteiger partial charge in [0, 0.05) is 10.9 Å². The van der Waals surface area contributed by atoms with E-state index in [2.05, 4.69) is 27.9 Å². The Hall–Kier alpha value is -2.90. The van der Waals surface area contributed by atoms with Crippen molar-refractivity contribution in [1.82, 2.24) is 24.9 Å². The van der Waals surface area contributed by atoms with E-state index < -0.39 is 0 Å². The van der Waals surface area contributed by atoms with Crippen LogP contribution in [0.25, 0.3) is 43.2 Å². The zero-order valence-electron chi connectivity index (χ0n) is 19.8. The maximum atomic E-state index is 16.2. The summed E-state index contributed by atoms with van der Waals surface area (Å²) in [4.78, 5) is 22.3. The van der Waals surface area contributed by atoms with Crippen LogP contribution in [0, 0.1) is 29.5 Å². The summed E-state index contributed by atoms with van der Waals surface area (Å²) in [5, 5.41) is 1.38. The first-order chi connectivity index (χ1) is 17.5.